The quantitative estimate of drug-likeness (QED) is 0.762. The minimum atomic E-state index is -0.0645. The normalized spacial score (nSPS) is 11.2. The van der Waals surface area contributed by atoms with Gasteiger partial charge in [-0.25, -0.2) is 4.98 Å². The maximum absolute atomic E-state index is 11.9. The Labute approximate surface area is 135 Å². The van der Waals surface area contributed by atoms with Crippen LogP contribution in [0.3, 0.4) is 0 Å². The van der Waals surface area contributed by atoms with Gasteiger partial charge in [-0.15, -0.1) is 0 Å². The molecule has 0 unspecified atom stereocenters. The smallest absolute Gasteiger partial charge is 0.227 e. The first-order valence-electron chi connectivity index (χ1n) is 7.73. The van der Waals surface area contributed by atoms with E-state index in [1.54, 1.807) is 0 Å². The summed E-state index contributed by atoms with van der Waals surface area (Å²) in [5, 5.41) is 2.95. The van der Waals surface area contributed by atoms with E-state index in [2.05, 4.69) is 10.3 Å². The predicted octanol–water partition coefficient (Wildman–Crippen LogP) is 4.71. The monoisotopic (exact) mass is 308 g/mol. The van der Waals surface area contributed by atoms with Crippen LogP contribution < -0.4 is 5.32 Å². The molecule has 0 fully saturated rings. The summed E-state index contributed by atoms with van der Waals surface area (Å²) in [6.45, 7) is 7.74. The van der Waals surface area contributed by atoms with Crippen LogP contribution in [0.1, 0.15) is 25.0 Å². The molecule has 3 rings (SSSR count). The molecule has 23 heavy (non-hydrogen) atoms. The van der Waals surface area contributed by atoms with Crippen molar-refractivity contribution in [2.45, 2.75) is 27.7 Å². The number of hydrogen-bond donors (Lipinski definition) is 1. The number of carbonyl (C=O) groups excluding carboxylic acids is 1. The molecule has 1 heterocycles. The molecular weight excluding hydrogens is 288 g/mol. The van der Waals surface area contributed by atoms with Crippen LogP contribution in [-0.4, -0.2) is 10.9 Å². The minimum absolute atomic E-state index is 0.00144. The molecule has 1 aromatic heterocycles. The Hall–Kier alpha value is -2.62. The number of rotatable bonds is 3. The third kappa shape index (κ3) is 3.11. The Morgan fingerprint density at radius 2 is 1.91 bits per heavy atom. The largest absolute Gasteiger partial charge is 0.436 e. The molecule has 0 radical (unpaired) electrons. The molecule has 4 nitrogen and oxygen atoms in total. The van der Waals surface area contributed by atoms with E-state index in [1.165, 1.54) is 0 Å². The predicted molar refractivity (Wildman–Crippen MR) is 92.4 cm³/mol. The highest BCUT2D eigenvalue weighted by Gasteiger charge is 2.13. The Balaban J connectivity index is 2.00. The van der Waals surface area contributed by atoms with Gasteiger partial charge >= 0.3 is 0 Å². The van der Waals surface area contributed by atoms with Crippen molar-refractivity contribution in [1.29, 1.82) is 0 Å². The van der Waals surface area contributed by atoms with E-state index in [-0.39, 0.29) is 11.8 Å². The molecule has 0 spiro atoms. The molecule has 0 bridgehead atoms. The lowest BCUT2D eigenvalue weighted by Gasteiger charge is -2.11. The molecule has 1 N–H and O–H groups in total. The first-order chi connectivity index (χ1) is 10.9. The molecule has 1 amide bonds. The van der Waals surface area contributed by atoms with Gasteiger partial charge in [-0.05, 0) is 49.2 Å². The average Bonchev–Trinajstić information content (AvgIpc) is 2.92. The van der Waals surface area contributed by atoms with Gasteiger partial charge in [0.15, 0.2) is 5.58 Å². The second-order valence-electron chi connectivity index (χ2n) is 6.16. The lowest BCUT2D eigenvalue weighted by molar-refractivity contribution is -0.118. The number of fused-ring (bicyclic) bond motifs is 1. The fourth-order valence-corrected chi connectivity index (χ4v) is 2.33. The lowest BCUT2D eigenvalue weighted by atomic mass is 10.1. The number of aryl methyl sites for hydroxylation is 2. The van der Waals surface area contributed by atoms with Crippen LogP contribution in [0.4, 0.5) is 5.69 Å². The molecule has 2 aromatic carbocycles. The van der Waals surface area contributed by atoms with Crippen molar-refractivity contribution in [1.82, 2.24) is 4.98 Å². The van der Waals surface area contributed by atoms with Crippen LogP contribution in [0.2, 0.25) is 0 Å². The number of anilines is 1. The number of benzene rings is 2. The summed E-state index contributed by atoms with van der Waals surface area (Å²) in [7, 11) is 0. The second kappa shape index (κ2) is 5.88. The molecule has 0 saturated heterocycles. The molecular formula is C19H20N2O2. The van der Waals surface area contributed by atoms with Gasteiger partial charge in [0.25, 0.3) is 0 Å². The van der Waals surface area contributed by atoms with Crippen molar-refractivity contribution in [2.24, 2.45) is 5.92 Å². The Kier molecular flexibility index (Phi) is 3.90. The summed E-state index contributed by atoms with van der Waals surface area (Å²) in [5.41, 5.74) is 5.40. The lowest BCUT2D eigenvalue weighted by Crippen LogP contribution is -2.18. The molecule has 3 aromatic rings. The zero-order chi connectivity index (χ0) is 16.6. The highest BCUT2D eigenvalue weighted by atomic mass is 16.3. The molecule has 0 aliphatic heterocycles. The number of hydrogen-bond acceptors (Lipinski definition) is 3. The third-order valence-electron chi connectivity index (χ3n) is 3.81. The highest BCUT2D eigenvalue weighted by Crippen LogP contribution is 2.28. The summed E-state index contributed by atoms with van der Waals surface area (Å²) in [6, 6.07) is 11.8. The molecule has 118 valence electrons. The van der Waals surface area contributed by atoms with Crippen molar-refractivity contribution >= 4 is 22.7 Å². The van der Waals surface area contributed by atoms with Crippen molar-refractivity contribution in [3.8, 4) is 11.5 Å². The van der Waals surface area contributed by atoms with Crippen LogP contribution in [0.15, 0.2) is 40.8 Å². The SMILES string of the molecule is Cc1ccc2oc(-c3ccc(C)c(NC(=O)C(C)C)c3)nc2c1. The molecule has 0 saturated carbocycles. The third-order valence-corrected chi connectivity index (χ3v) is 3.81. The van der Waals surface area contributed by atoms with Gasteiger partial charge in [-0.2, -0.15) is 0 Å². The number of nitrogens with one attached hydrogen (secondary N) is 1. The first kappa shape index (κ1) is 15.3. The van der Waals surface area contributed by atoms with Gasteiger partial charge in [-0.3, -0.25) is 4.79 Å². The van der Waals surface area contributed by atoms with Crippen molar-refractivity contribution < 1.29 is 9.21 Å². The first-order valence-corrected chi connectivity index (χ1v) is 7.73. The summed E-state index contributed by atoms with van der Waals surface area (Å²) in [6.07, 6.45) is 0. The van der Waals surface area contributed by atoms with Gasteiger partial charge in [0, 0.05) is 17.2 Å². The standard InChI is InChI=1S/C19H20N2O2/c1-11(2)18(22)20-15-10-14(7-6-13(15)4)19-21-16-9-12(3)5-8-17(16)23-19/h5-11H,1-4H3,(H,20,22). The summed E-state index contributed by atoms with van der Waals surface area (Å²) in [5.74, 6) is 0.495. The fourth-order valence-electron chi connectivity index (χ4n) is 2.33. The van der Waals surface area contributed by atoms with Gasteiger partial charge < -0.3 is 9.73 Å². The Morgan fingerprint density at radius 1 is 1.13 bits per heavy atom. The molecule has 4 heteroatoms. The van der Waals surface area contributed by atoms with Gasteiger partial charge in [0.2, 0.25) is 11.8 Å². The Bertz CT molecular complexity index is 878. The zero-order valence-electron chi connectivity index (χ0n) is 13.8. The number of nitrogens with zero attached hydrogens (tertiary/aromatic N) is 1. The van der Waals surface area contributed by atoms with E-state index < -0.39 is 0 Å². The Morgan fingerprint density at radius 3 is 2.65 bits per heavy atom. The molecule has 0 aliphatic carbocycles. The topological polar surface area (TPSA) is 55.1 Å². The molecule has 0 aliphatic rings. The summed E-state index contributed by atoms with van der Waals surface area (Å²) >= 11 is 0. The van der Waals surface area contributed by atoms with E-state index in [1.807, 2.05) is 64.1 Å². The fraction of sp³-hybridized carbons (Fsp3) is 0.263. The summed E-state index contributed by atoms with van der Waals surface area (Å²) in [4.78, 5) is 16.5. The van der Waals surface area contributed by atoms with Crippen LogP contribution >= 0.6 is 0 Å². The van der Waals surface area contributed by atoms with Crippen LogP contribution in [0, 0.1) is 19.8 Å². The van der Waals surface area contributed by atoms with E-state index in [4.69, 9.17) is 4.42 Å². The van der Waals surface area contributed by atoms with Gasteiger partial charge in [0.1, 0.15) is 5.52 Å². The van der Waals surface area contributed by atoms with E-state index >= 15 is 0 Å². The van der Waals surface area contributed by atoms with E-state index in [0.29, 0.717) is 5.89 Å². The van der Waals surface area contributed by atoms with Crippen LogP contribution in [0.5, 0.6) is 0 Å². The van der Waals surface area contributed by atoms with Crippen LogP contribution in [0.25, 0.3) is 22.6 Å². The molecule has 0 atom stereocenters. The number of carbonyl (C=O) groups is 1. The maximum atomic E-state index is 11.9. The average molecular weight is 308 g/mol. The highest BCUT2D eigenvalue weighted by molar-refractivity contribution is 5.93. The van der Waals surface area contributed by atoms with Crippen molar-refractivity contribution in [2.75, 3.05) is 5.32 Å². The zero-order valence-corrected chi connectivity index (χ0v) is 13.8. The summed E-state index contributed by atoms with van der Waals surface area (Å²) < 4.78 is 5.83. The van der Waals surface area contributed by atoms with Crippen molar-refractivity contribution in [3.63, 3.8) is 0 Å². The maximum Gasteiger partial charge on any atom is 0.227 e. The number of amides is 1. The van der Waals surface area contributed by atoms with Crippen LogP contribution in [-0.2, 0) is 4.79 Å². The van der Waals surface area contributed by atoms with Crippen molar-refractivity contribution in [3.05, 3.63) is 47.5 Å². The number of oxazole rings is 1. The van der Waals surface area contributed by atoms with E-state index in [9.17, 15) is 4.79 Å². The van der Waals surface area contributed by atoms with Gasteiger partial charge in [-0.1, -0.05) is 26.0 Å². The number of aromatic nitrogens is 1. The minimum Gasteiger partial charge on any atom is -0.436 e. The van der Waals surface area contributed by atoms with Gasteiger partial charge in [0.05, 0.1) is 0 Å². The second-order valence-corrected chi connectivity index (χ2v) is 6.16. The van der Waals surface area contributed by atoms with E-state index in [0.717, 1.165) is 33.5 Å².